The molecule has 2 aliphatic rings. The van der Waals surface area contributed by atoms with E-state index in [0.29, 0.717) is 4.83 Å². The second-order valence-electron chi connectivity index (χ2n) is 3.60. The molecule has 1 heterocycles. The predicted molar refractivity (Wildman–Crippen MR) is 53.9 cm³/mol. The van der Waals surface area contributed by atoms with E-state index in [1.807, 2.05) is 0 Å². The van der Waals surface area contributed by atoms with Crippen molar-refractivity contribution in [2.24, 2.45) is 5.92 Å². The fourth-order valence-corrected chi connectivity index (χ4v) is 3.17. The highest BCUT2D eigenvalue weighted by atomic mass is 79.9. The summed E-state index contributed by atoms with van der Waals surface area (Å²) >= 11 is 3.71. The highest BCUT2D eigenvalue weighted by molar-refractivity contribution is 9.09. The summed E-state index contributed by atoms with van der Waals surface area (Å²) in [5.74, 6) is 1.61. The molecular weight excluding hydrogens is 214 g/mol. The van der Waals surface area contributed by atoms with Crippen LogP contribution in [0, 0.1) is 5.92 Å². The molecule has 3 rings (SSSR count). The summed E-state index contributed by atoms with van der Waals surface area (Å²) in [7, 11) is 0. The summed E-state index contributed by atoms with van der Waals surface area (Å²) in [5, 5.41) is 3.45. The molecule has 0 spiro atoms. The number of benzene rings is 1. The van der Waals surface area contributed by atoms with E-state index in [-0.39, 0.29) is 0 Å². The van der Waals surface area contributed by atoms with Crippen molar-refractivity contribution in [1.82, 2.24) is 0 Å². The number of para-hydroxylation sites is 1. The van der Waals surface area contributed by atoms with Gasteiger partial charge in [0.25, 0.3) is 0 Å². The van der Waals surface area contributed by atoms with Gasteiger partial charge in [-0.25, -0.2) is 0 Å². The molecule has 3 unspecified atom stereocenters. The van der Waals surface area contributed by atoms with E-state index >= 15 is 0 Å². The van der Waals surface area contributed by atoms with Gasteiger partial charge in [0.2, 0.25) is 0 Å². The molecule has 1 aliphatic carbocycles. The Kier molecular flexibility index (Phi) is 1.31. The van der Waals surface area contributed by atoms with Crippen LogP contribution in [0.5, 0.6) is 0 Å². The van der Waals surface area contributed by atoms with Crippen LogP contribution in [0.3, 0.4) is 0 Å². The van der Waals surface area contributed by atoms with E-state index in [1.54, 1.807) is 0 Å². The maximum absolute atomic E-state index is 3.71. The van der Waals surface area contributed by atoms with Gasteiger partial charge >= 0.3 is 0 Å². The second kappa shape index (κ2) is 2.25. The third-order valence-corrected chi connectivity index (χ3v) is 4.17. The molecule has 0 bridgehead atoms. The van der Waals surface area contributed by atoms with Gasteiger partial charge in [0.15, 0.2) is 0 Å². The lowest BCUT2D eigenvalue weighted by molar-refractivity contribution is 0.818. The van der Waals surface area contributed by atoms with Crippen LogP contribution in [0.25, 0.3) is 0 Å². The maximum Gasteiger partial charge on any atom is 0.0376 e. The quantitative estimate of drug-likeness (QED) is 0.668. The highest BCUT2D eigenvalue weighted by Crippen LogP contribution is 2.56. The van der Waals surface area contributed by atoms with E-state index in [2.05, 4.69) is 45.5 Å². The zero-order valence-electron chi connectivity index (χ0n) is 6.63. The molecule has 0 amide bonds. The summed E-state index contributed by atoms with van der Waals surface area (Å²) in [6, 6.07) is 8.63. The minimum atomic E-state index is 0.716. The Hall–Kier alpha value is -0.500. The highest BCUT2D eigenvalue weighted by Gasteiger charge is 2.51. The van der Waals surface area contributed by atoms with E-state index in [1.165, 1.54) is 11.3 Å². The Balaban J connectivity index is 2.10. The smallest absolute Gasteiger partial charge is 0.0376 e. The van der Waals surface area contributed by atoms with Crippen molar-refractivity contribution < 1.29 is 0 Å². The molecule has 0 saturated heterocycles. The lowest BCUT2D eigenvalue weighted by Crippen LogP contribution is -2.11. The molecule has 1 aromatic carbocycles. The van der Waals surface area contributed by atoms with Crippen molar-refractivity contribution in [3.8, 4) is 0 Å². The first-order valence-electron chi connectivity index (χ1n) is 4.35. The Bertz CT molecular complexity index is 323. The molecule has 12 heavy (non-hydrogen) atoms. The topological polar surface area (TPSA) is 12.0 Å². The summed E-state index contributed by atoms with van der Waals surface area (Å²) in [4.78, 5) is 0.716. The van der Waals surface area contributed by atoms with Crippen LogP contribution in [0.1, 0.15) is 11.5 Å². The number of rotatable bonds is 0. The lowest BCUT2D eigenvalue weighted by Gasteiger charge is -2.15. The molecule has 1 nitrogen and oxygen atoms in total. The average molecular weight is 224 g/mol. The van der Waals surface area contributed by atoms with Gasteiger partial charge in [-0.3, -0.25) is 0 Å². The van der Waals surface area contributed by atoms with Gasteiger partial charge in [-0.05, 0) is 17.5 Å². The molecule has 1 fully saturated rings. The third-order valence-electron chi connectivity index (χ3n) is 2.92. The number of fused-ring (bicyclic) bond motifs is 3. The van der Waals surface area contributed by atoms with E-state index in [9.17, 15) is 0 Å². The van der Waals surface area contributed by atoms with Crippen molar-refractivity contribution in [2.75, 3.05) is 11.9 Å². The van der Waals surface area contributed by atoms with Crippen LogP contribution in [0.2, 0.25) is 0 Å². The SMILES string of the molecule is BrC1C2CNc3ccccc3C12. The van der Waals surface area contributed by atoms with Crippen molar-refractivity contribution >= 4 is 21.6 Å². The monoisotopic (exact) mass is 223 g/mol. The summed E-state index contributed by atoms with van der Waals surface area (Å²) < 4.78 is 0. The Morgan fingerprint density at radius 1 is 1.33 bits per heavy atom. The van der Waals surface area contributed by atoms with Crippen molar-refractivity contribution in [3.63, 3.8) is 0 Å². The van der Waals surface area contributed by atoms with Gasteiger partial charge in [-0.15, -0.1) is 0 Å². The first-order valence-corrected chi connectivity index (χ1v) is 5.26. The molecule has 2 heteroatoms. The minimum absolute atomic E-state index is 0.716. The Morgan fingerprint density at radius 3 is 3.08 bits per heavy atom. The van der Waals surface area contributed by atoms with Crippen LogP contribution in [0.15, 0.2) is 24.3 Å². The molecule has 0 aromatic heterocycles. The van der Waals surface area contributed by atoms with Crippen LogP contribution in [-0.2, 0) is 0 Å². The fraction of sp³-hybridized carbons (Fsp3) is 0.400. The molecule has 62 valence electrons. The zero-order chi connectivity index (χ0) is 8.13. The van der Waals surface area contributed by atoms with E-state index in [0.717, 1.165) is 18.4 Å². The first kappa shape index (κ1) is 6.96. The van der Waals surface area contributed by atoms with E-state index < -0.39 is 0 Å². The van der Waals surface area contributed by atoms with Crippen molar-refractivity contribution in [1.29, 1.82) is 0 Å². The third kappa shape index (κ3) is 0.789. The van der Waals surface area contributed by atoms with Gasteiger partial charge in [-0.2, -0.15) is 0 Å². The molecule has 3 atom stereocenters. The molecule has 1 saturated carbocycles. The number of alkyl halides is 1. The first-order chi connectivity index (χ1) is 5.88. The Morgan fingerprint density at radius 2 is 2.17 bits per heavy atom. The number of nitrogens with one attached hydrogen (secondary N) is 1. The van der Waals surface area contributed by atoms with E-state index in [4.69, 9.17) is 0 Å². The minimum Gasteiger partial charge on any atom is -0.384 e. The van der Waals surface area contributed by atoms with Gasteiger partial charge in [0, 0.05) is 23.0 Å². The molecule has 0 radical (unpaired) electrons. The van der Waals surface area contributed by atoms with Crippen LogP contribution >= 0.6 is 15.9 Å². The van der Waals surface area contributed by atoms with Crippen LogP contribution in [-0.4, -0.2) is 11.4 Å². The number of anilines is 1. The summed E-state index contributed by atoms with van der Waals surface area (Å²) in [5.41, 5.74) is 2.83. The maximum atomic E-state index is 3.71. The van der Waals surface area contributed by atoms with Crippen LogP contribution < -0.4 is 5.32 Å². The second-order valence-corrected chi connectivity index (χ2v) is 4.66. The Labute approximate surface area is 80.3 Å². The van der Waals surface area contributed by atoms with Crippen LogP contribution in [0.4, 0.5) is 5.69 Å². The van der Waals surface area contributed by atoms with Crippen molar-refractivity contribution in [3.05, 3.63) is 29.8 Å². The molecule has 1 aliphatic heterocycles. The fourth-order valence-electron chi connectivity index (χ4n) is 2.15. The average Bonchev–Trinajstić information content (AvgIpc) is 2.78. The summed E-state index contributed by atoms with van der Waals surface area (Å²) in [6.45, 7) is 1.14. The van der Waals surface area contributed by atoms with Gasteiger partial charge in [0.05, 0.1) is 0 Å². The molecule has 1 aromatic rings. The normalized spacial score (nSPS) is 36.2. The largest absolute Gasteiger partial charge is 0.384 e. The lowest BCUT2D eigenvalue weighted by atomic mass is 10.0. The van der Waals surface area contributed by atoms with Gasteiger partial charge < -0.3 is 5.32 Å². The number of hydrogen-bond acceptors (Lipinski definition) is 1. The predicted octanol–water partition coefficient (Wildman–Crippen LogP) is 2.59. The zero-order valence-corrected chi connectivity index (χ0v) is 8.21. The molecular formula is C10H10BrN. The standard InChI is InChI=1S/C10H10BrN/c11-10-7-5-12-8-4-2-1-3-6(8)9(7)10/h1-4,7,9-10,12H,5H2. The van der Waals surface area contributed by atoms with Gasteiger partial charge in [-0.1, -0.05) is 34.1 Å². The summed E-state index contributed by atoms with van der Waals surface area (Å²) in [6.07, 6.45) is 0. The molecule has 1 N–H and O–H groups in total. The van der Waals surface area contributed by atoms with Gasteiger partial charge in [0.1, 0.15) is 0 Å². The van der Waals surface area contributed by atoms with Crippen molar-refractivity contribution in [2.45, 2.75) is 10.7 Å². The number of hydrogen-bond donors (Lipinski definition) is 1. The number of halogens is 1.